The average Bonchev–Trinajstić information content (AvgIpc) is 3.54. The Bertz CT molecular complexity index is 1240. The first-order valence-corrected chi connectivity index (χ1v) is 9.91. The number of nitrogens with zero attached hydrogens (tertiary/aromatic N) is 5. The van der Waals surface area contributed by atoms with Crippen molar-refractivity contribution in [3.63, 3.8) is 0 Å². The summed E-state index contributed by atoms with van der Waals surface area (Å²) in [5.41, 5.74) is 2.49. The van der Waals surface area contributed by atoms with E-state index in [2.05, 4.69) is 15.3 Å². The maximum atomic E-state index is 13.1. The fraction of sp³-hybridized carbons (Fsp3) is 0.333. The molecule has 1 fully saturated rings. The van der Waals surface area contributed by atoms with Gasteiger partial charge in [0.2, 0.25) is 0 Å². The van der Waals surface area contributed by atoms with Crippen molar-refractivity contribution >= 4 is 27.8 Å². The normalized spacial score (nSPS) is 14.0. The number of pyridine rings is 1. The summed E-state index contributed by atoms with van der Waals surface area (Å²) >= 11 is 0. The van der Waals surface area contributed by atoms with Gasteiger partial charge in [-0.15, -0.1) is 0 Å². The van der Waals surface area contributed by atoms with Gasteiger partial charge in [0.15, 0.2) is 5.82 Å². The molecule has 1 aliphatic rings. The van der Waals surface area contributed by atoms with Crippen molar-refractivity contribution in [1.29, 1.82) is 0 Å². The lowest BCUT2D eigenvalue weighted by Gasteiger charge is -2.11. The molecule has 0 bridgehead atoms. The Morgan fingerprint density at radius 2 is 2.00 bits per heavy atom. The molecule has 8 nitrogen and oxygen atoms in total. The van der Waals surface area contributed by atoms with E-state index in [-0.39, 0.29) is 24.9 Å². The second-order valence-corrected chi connectivity index (χ2v) is 7.34. The smallest absolute Gasteiger partial charge is 0.329 e. The van der Waals surface area contributed by atoms with Crippen molar-refractivity contribution in [1.82, 2.24) is 24.1 Å². The van der Waals surface area contributed by atoms with Crippen LogP contribution in [0.3, 0.4) is 0 Å². The Labute approximate surface area is 166 Å². The van der Waals surface area contributed by atoms with Crippen LogP contribution in [0.1, 0.15) is 31.1 Å². The SMILES string of the molecule is O=c1n(Cc2nc(NCCCO)c3ccccc3n2)c2cnccc2n1C1CC1. The lowest BCUT2D eigenvalue weighted by Crippen LogP contribution is -2.25. The van der Waals surface area contributed by atoms with Crippen molar-refractivity contribution in [3.05, 3.63) is 59.0 Å². The Morgan fingerprint density at radius 3 is 2.83 bits per heavy atom. The number of imidazole rings is 1. The van der Waals surface area contributed by atoms with Crippen LogP contribution in [0.4, 0.5) is 5.82 Å². The first-order valence-electron chi connectivity index (χ1n) is 9.91. The summed E-state index contributed by atoms with van der Waals surface area (Å²) in [7, 11) is 0. The van der Waals surface area contributed by atoms with E-state index >= 15 is 0 Å². The molecule has 1 aliphatic carbocycles. The van der Waals surface area contributed by atoms with Gasteiger partial charge in [0.25, 0.3) is 0 Å². The van der Waals surface area contributed by atoms with Crippen LogP contribution in [0.5, 0.6) is 0 Å². The van der Waals surface area contributed by atoms with Crippen molar-refractivity contribution in [3.8, 4) is 0 Å². The maximum absolute atomic E-state index is 13.1. The van der Waals surface area contributed by atoms with Crippen molar-refractivity contribution < 1.29 is 5.11 Å². The van der Waals surface area contributed by atoms with Gasteiger partial charge >= 0.3 is 5.69 Å². The minimum Gasteiger partial charge on any atom is -0.396 e. The molecule has 0 radical (unpaired) electrons. The van der Waals surface area contributed by atoms with Crippen LogP contribution >= 0.6 is 0 Å². The molecule has 8 heteroatoms. The standard InChI is InChI=1S/C21H22N6O2/c28-11-3-9-23-20-15-4-1-2-5-16(15)24-19(25-20)13-26-18-12-22-10-8-17(18)27(21(26)29)14-6-7-14/h1-2,4-5,8,10,12,14,28H,3,6-7,9,11,13H2,(H,23,24,25). The van der Waals surface area contributed by atoms with Crippen molar-refractivity contribution in [2.45, 2.75) is 31.8 Å². The van der Waals surface area contributed by atoms with E-state index in [9.17, 15) is 4.79 Å². The van der Waals surface area contributed by atoms with E-state index < -0.39 is 0 Å². The summed E-state index contributed by atoms with van der Waals surface area (Å²) in [4.78, 5) is 26.7. The van der Waals surface area contributed by atoms with Crippen LogP contribution in [-0.4, -0.2) is 42.3 Å². The number of rotatable bonds is 7. The van der Waals surface area contributed by atoms with E-state index in [4.69, 9.17) is 10.1 Å². The Balaban J connectivity index is 1.59. The number of anilines is 1. The molecule has 1 aromatic carbocycles. The number of hydrogen-bond donors (Lipinski definition) is 2. The molecular weight excluding hydrogens is 368 g/mol. The molecule has 4 aromatic rings. The molecular formula is C21H22N6O2. The summed E-state index contributed by atoms with van der Waals surface area (Å²) in [6.07, 6.45) is 6.16. The van der Waals surface area contributed by atoms with Crippen LogP contribution in [0.15, 0.2) is 47.5 Å². The Hall–Kier alpha value is -3.26. The summed E-state index contributed by atoms with van der Waals surface area (Å²) < 4.78 is 3.58. The monoisotopic (exact) mass is 390 g/mol. The molecule has 3 heterocycles. The zero-order chi connectivity index (χ0) is 19.8. The van der Waals surface area contributed by atoms with Crippen LogP contribution in [0.25, 0.3) is 21.9 Å². The maximum Gasteiger partial charge on any atom is 0.329 e. The highest BCUT2D eigenvalue weighted by molar-refractivity contribution is 5.89. The first-order chi connectivity index (χ1) is 14.3. The third kappa shape index (κ3) is 3.25. The molecule has 0 atom stereocenters. The molecule has 0 spiro atoms. The highest BCUT2D eigenvalue weighted by Gasteiger charge is 2.29. The van der Waals surface area contributed by atoms with Gasteiger partial charge in [-0.05, 0) is 37.5 Å². The highest BCUT2D eigenvalue weighted by Crippen LogP contribution is 2.36. The lowest BCUT2D eigenvalue weighted by molar-refractivity contribution is 0.292. The molecule has 1 saturated carbocycles. The molecule has 0 amide bonds. The molecule has 29 heavy (non-hydrogen) atoms. The Morgan fingerprint density at radius 1 is 1.14 bits per heavy atom. The van der Waals surface area contributed by atoms with Gasteiger partial charge in [-0.25, -0.2) is 14.8 Å². The van der Waals surface area contributed by atoms with Gasteiger partial charge < -0.3 is 10.4 Å². The third-order valence-electron chi connectivity index (χ3n) is 5.25. The molecule has 3 aromatic heterocycles. The molecule has 5 rings (SSSR count). The third-order valence-corrected chi connectivity index (χ3v) is 5.25. The van der Waals surface area contributed by atoms with E-state index in [1.165, 1.54) is 0 Å². The number of benzene rings is 1. The van der Waals surface area contributed by atoms with Crippen LogP contribution in [0.2, 0.25) is 0 Å². The van der Waals surface area contributed by atoms with Crippen LogP contribution < -0.4 is 11.0 Å². The molecule has 0 aliphatic heterocycles. The zero-order valence-corrected chi connectivity index (χ0v) is 16.0. The van der Waals surface area contributed by atoms with Crippen molar-refractivity contribution in [2.24, 2.45) is 0 Å². The second-order valence-electron chi connectivity index (χ2n) is 7.34. The van der Waals surface area contributed by atoms with Gasteiger partial charge in [0.05, 0.1) is 29.3 Å². The van der Waals surface area contributed by atoms with Gasteiger partial charge in [-0.2, -0.15) is 0 Å². The fourth-order valence-electron chi connectivity index (χ4n) is 3.72. The van der Waals surface area contributed by atoms with Gasteiger partial charge in [-0.1, -0.05) is 12.1 Å². The quantitative estimate of drug-likeness (QED) is 0.470. The number of nitrogens with one attached hydrogen (secondary N) is 1. The second kappa shape index (κ2) is 7.29. The summed E-state index contributed by atoms with van der Waals surface area (Å²) in [6, 6.07) is 9.97. The Kier molecular flexibility index (Phi) is 4.48. The van der Waals surface area contributed by atoms with E-state index in [1.54, 1.807) is 17.0 Å². The number of aliphatic hydroxyl groups is 1. The van der Waals surface area contributed by atoms with Gasteiger partial charge in [0, 0.05) is 30.8 Å². The lowest BCUT2D eigenvalue weighted by atomic mass is 10.2. The largest absolute Gasteiger partial charge is 0.396 e. The predicted octanol–water partition coefficient (Wildman–Crippen LogP) is 2.32. The zero-order valence-electron chi connectivity index (χ0n) is 16.0. The molecule has 2 N–H and O–H groups in total. The van der Waals surface area contributed by atoms with Crippen LogP contribution in [-0.2, 0) is 6.54 Å². The van der Waals surface area contributed by atoms with Gasteiger partial charge in [0.1, 0.15) is 5.82 Å². The first kappa shape index (κ1) is 17.8. The van der Waals surface area contributed by atoms with Gasteiger partial charge in [-0.3, -0.25) is 14.1 Å². The number of hydrogen-bond acceptors (Lipinski definition) is 6. The summed E-state index contributed by atoms with van der Waals surface area (Å²) in [5, 5.41) is 13.3. The van der Waals surface area contributed by atoms with E-state index in [1.807, 2.05) is 34.9 Å². The number of aromatic nitrogens is 5. The summed E-state index contributed by atoms with van der Waals surface area (Å²) in [6.45, 7) is 1.01. The van der Waals surface area contributed by atoms with Crippen molar-refractivity contribution in [2.75, 3.05) is 18.5 Å². The van der Waals surface area contributed by atoms with E-state index in [0.29, 0.717) is 18.8 Å². The molecule has 0 unspecified atom stereocenters. The number of aliphatic hydroxyl groups excluding tert-OH is 1. The minimum absolute atomic E-state index is 0.0398. The summed E-state index contributed by atoms with van der Waals surface area (Å²) in [5.74, 6) is 1.28. The van der Waals surface area contributed by atoms with Crippen LogP contribution in [0, 0.1) is 0 Å². The predicted molar refractivity (Wildman–Crippen MR) is 111 cm³/mol. The van der Waals surface area contributed by atoms with E-state index in [0.717, 1.165) is 40.6 Å². The molecule has 148 valence electrons. The number of fused-ring (bicyclic) bond motifs is 2. The minimum atomic E-state index is -0.0398. The topological polar surface area (TPSA) is 97.9 Å². The fourth-order valence-corrected chi connectivity index (χ4v) is 3.72. The molecule has 0 saturated heterocycles. The number of para-hydroxylation sites is 1. The average molecular weight is 390 g/mol. The highest BCUT2D eigenvalue weighted by atomic mass is 16.3.